The number of nitrogens with zero attached hydrogens (tertiary/aromatic N) is 6. The van der Waals surface area contributed by atoms with Crippen molar-refractivity contribution in [2.75, 3.05) is 49.1 Å². The highest BCUT2D eigenvalue weighted by atomic mass is 16.2. The lowest BCUT2D eigenvalue weighted by molar-refractivity contribution is -0.135. The van der Waals surface area contributed by atoms with Gasteiger partial charge in [-0.3, -0.25) is 19.3 Å². The fourth-order valence-electron chi connectivity index (χ4n) is 4.85. The largest absolute Gasteiger partial charge is 0.356 e. The molecule has 1 unspecified atom stereocenters. The Morgan fingerprint density at radius 3 is 2.09 bits per heavy atom. The first-order valence-electron chi connectivity index (χ1n) is 11.6. The summed E-state index contributed by atoms with van der Waals surface area (Å²) in [6.07, 6.45) is 2.37. The monoisotopic (exact) mass is 448 g/mol. The molecule has 0 N–H and O–H groups in total. The Bertz CT molecular complexity index is 1070. The zero-order valence-electron chi connectivity index (χ0n) is 19.0. The first-order valence-corrected chi connectivity index (χ1v) is 11.6. The molecule has 172 valence electrons. The van der Waals surface area contributed by atoms with E-state index in [-0.39, 0.29) is 5.91 Å². The first kappa shape index (κ1) is 21.4. The fourth-order valence-corrected chi connectivity index (χ4v) is 4.85. The molecule has 0 saturated carbocycles. The number of hydrogen-bond donors (Lipinski definition) is 0. The summed E-state index contributed by atoms with van der Waals surface area (Å²) in [4.78, 5) is 55.3. The van der Waals surface area contributed by atoms with E-state index in [9.17, 15) is 14.4 Å². The van der Waals surface area contributed by atoms with Crippen LogP contribution in [0.25, 0.3) is 0 Å². The zero-order chi connectivity index (χ0) is 23.1. The van der Waals surface area contributed by atoms with E-state index in [1.165, 1.54) is 12.8 Å². The lowest BCUT2D eigenvalue weighted by atomic mass is 10.1. The van der Waals surface area contributed by atoms with Gasteiger partial charge in [0.05, 0.1) is 11.1 Å². The molecule has 5 rings (SSSR count). The van der Waals surface area contributed by atoms with Crippen LogP contribution in [-0.2, 0) is 4.79 Å². The Hall–Kier alpha value is -3.49. The van der Waals surface area contributed by atoms with Gasteiger partial charge in [0.2, 0.25) is 11.9 Å². The van der Waals surface area contributed by atoms with Crippen molar-refractivity contribution in [3.8, 4) is 0 Å². The van der Waals surface area contributed by atoms with Gasteiger partial charge in [-0.2, -0.15) is 4.98 Å². The van der Waals surface area contributed by atoms with Crippen LogP contribution in [0.4, 0.5) is 11.8 Å². The van der Waals surface area contributed by atoms with Crippen molar-refractivity contribution in [2.24, 2.45) is 0 Å². The molecule has 9 heteroatoms. The number of anilines is 2. The van der Waals surface area contributed by atoms with E-state index < -0.39 is 17.9 Å². The molecule has 2 saturated heterocycles. The van der Waals surface area contributed by atoms with Gasteiger partial charge in [0, 0.05) is 51.0 Å². The number of amides is 3. The van der Waals surface area contributed by atoms with Crippen LogP contribution in [0.2, 0.25) is 0 Å². The van der Waals surface area contributed by atoms with Crippen LogP contribution in [0.3, 0.4) is 0 Å². The van der Waals surface area contributed by atoms with Crippen LogP contribution in [0.5, 0.6) is 0 Å². The Labute approximate surface area is 193 Å². The van der Waals surface area contributed by atoms with Crippen molar-refractivity contribution in [3.05, 3.63) is 47.2 Å². The maximum absolute atomic E-state index is 13.2. The van der Waals surface area contributed by atoms with E-state index in [2.05, 4.69) is 14.8 Å². The van der Waals surface area contributed by atoms with Crippen molar-refractivity contribution in [1.82, 2.24) is 19.8 Å². The molecule has 9 nitrogen and oxygen atoms in total. The Morgan fingerprint density at radius 2 is 1.48 bits per heavy atom. The van der Waals surface area contributed by atoms with Crippen LogP contribution < -0.4 is 9.80 Å². The molecule has 0 bridgehead atoms. The summed E-state index contributed by atoms with van der Waals surface area (Å²) in [6.45, 7) is 7.83. The molecule has 4 heterocycles. The molecule has 3 amide bonds. The van der Waals surface area contributed by atoms with Gasteiger partial charge in [-0.25, -0.2) is 4.98 Å². The normalized spacial score (nSPS) is 19.3. The summed E-state index contributed by atoms with van der Waals surface area (Å²) < 4.78 is 0. The van der Waals surface area contributed by atoms with E-state index in [0.717, 1.165) is 29.5 Å². The van der Waals surface area contributed by atoms with E-state index in [0.29, 0.717) is 43.3 Å². The van der Waals surface area contributed by atoms with Gasteiger partial charge in [0.25, 0.3) is 11.8 Å². The summed E-state index contributed by atoms with van der Waals surface area (Å²) in [5, 5.41) is 0. The van der Waals surface area contributed by atoms with Gasteiger partial charge in [0.15, 0.2) is 0 Å². The molecule has 0 aliphatic carbocycles. The molecule has 1 aromatic carbocycles. The maximum Gasteiger partial charge on any atom is 0.262 e. The van der Waals surface area contributed by atoms with Gasteiger partial charge in [-0.05, 0) is 38.8 Å². The second-order valence-corrected chi connectivity index (χ2v) is 8.88. The second-order valence-electron chi connectivity index (χ2n) is 8.88. The lowest BCUT2D eigenvalue weighted by Crippen LogP contribution is -2.55. The number of carbonyl (C=O) groups excluding carboxylic acids is 3. The number of fused-ring (bicyclic) bond motifs is 1. The Balaban J connectivity index is 1.25. The lowest BCUT2D eigenvalue weighted by Gasteiger charge is -2.37. The standard InChI is InChI=1S/C24H28N6O3/c1-16-15-20(27-9-5-6-10-27)26-24(25-16)29-13-11-28(12-14-29)21(31)17(2)30-22(32)18-7-3-4-8-19(18)23(30)33/h3-4,7-8,15,17H,5-6,9-14H2,1-2H3. The minimum atomic E-state index is -0.846. The number of carbonyl (C=O) groups is 3. The molecule has 1 atom stereocenters. The van der Waals surface area contributed by atoms with Crippen molar-refractivity contribution in [1.29, 1.82) is 0 Å². The summed E-state index contributed by atoms with van der Waals surface area (Å²) in [6, 6.07) is 7.89. The minimum absolute atomic E-state index is 0.216. The van der Waals surface area contributed by atoms with E-state index in [4.69, 9.17) is 4.98 Å². The molecular weight excluding hydrogens is 420 g/mol. The summed E-state index contributed by atoms with van der Waals surface area (Å²) >= 11 is 0. The van der Waals surface area contributed by atoms with Gasteiger partial charge in [-0.1, -0.05) is 12.1 Å². The average molecular weight is 449 g/mol. The highest BCUT2D eigenvalue weighted by molar-refractivity contribution is 6.22. The number of aromatic nitrogens is 2. The van der Waals surface area contributed by atoms with Crippen molar-refractivity contribution in [2.45, 2.75) is 32.7 Å². The minimum Gasteiger partial charge on any atom is -0.356 e. The third-order valence-electron chi connectivity index (χ3n) is 6.70. The van der Waals surface area contributed by atoms with E-state index in [1.807, 2.05) is 13.0 Å². The SMILES string of the molecule is Cc1cc(N2CCCC2)nc(N2CCN(C(=O)C(C)N3C(=O)c4ccccc4C3=O)CC2)n1. The van der Waals surface area contributed by atoms with Gasteiger partial charge >= 0.3 is 0 Å². The van der Waals surface area contributed by atoms with E-state index >= 15 is 0 Å². The first-order chi connectivity index (χ1) is 15.9. The maximum atomic E-state index is 13.2. The topological polar surface area (TPSA) is 90.0 Å². The molecule has 3 aliphatic heterocycles. The number of hydrogen-bond acceptors (Lipinski definition) is 7. The second kappa shape index (κ2) is 8.46. The van der Waals surface area contributed by atoms with Crippen molar-refractivity contribution in [3.63, 3.8) is 0 Å². The third kappa shape index (κ3) is 3.81. The number of imide groups is 1. The predicted molar refractivity (Wildman–Crippen MR) is 123 cm³/mol. The number of piperazine rings is 1. The van der Waals surface area contributed by atoms with E-state index in [1.54, 1.807) is 36.1 Å². The number of aryl methyl sites for hydroxylation is 1. The molecule has 2 fully saturated rings. The van der Waals surface area contributed by atoms with Gasteiger partial charge < -0.3 is 14.7 Å². The molecule has 1 aromatic heterocycles. The quantitative estimate of drug-likeness (QED) is 0.658. The van der Waals surface area contributed by atoms with Crippen molar-refractivity contribution < 1.29 is 14.4 Å². The number of rotatable bonds is 4. The van der Waals surface area contributed by atoms with Crippen LogP contribution in [0.15, 0.2) is 30.3 Å². The van der Waals surface area contributed by atoms with Crippen LogP contribution in [0.1, 0.15) is 46.2 Å². The molecule has 0 radical (unpaired) electrons. The van der Waals surface area contributed by atoms with Crippen LogP contribution in [0, 0.1) is 6.92 Å². The van der Waals surface area contributed by atoms with Gasteiger partial charge in [0.1, 0.15) is 11.9 Å². The molecular formula is C24H28N6O3. The van der Waals surface area contributed by atoms with Crippen LogP contribution >= 0.6 is 0 Å². The summed E-state index contributed by atoms with van der Waals surface area (Å²) in [7, 11) is 0. The number of benzene rings is 1. The predicted octanol–water partition coefficient (Wildman–Crippen LogP) is 1.72. The van der Waals surface area contributed by atoms with Crippen LogP contribution in [-0.4, -0.2) is 82.8 Å². The molecule has 0 spiro atoms. The fraction of sp³-hybridized carbons (Fsp3) is 0.458. The average Bonchev–Trinajstić information content (AvgIpc) is 3.46. The Morgan fingerprint density at radius 1 is 0.879 bits per heavy atom. The zero-order valence-corrected chi connectivity index (χ0v) is 19.0. The Kier molecular flexibility index (Phi) is 5.47. The summed E-state index contributed by atoms with van der Waals surface area (Å²) in [5.41, 5.74) is 1.65. The highest BCUT2D eigenvalue weighted by Gasteiger charge is 2.42. The van der Waals surface area contributed by atoms with Gasteiger partial charge in [-0.15, -0.1) is 0 Å². The molecule has 3 aliphatic rings. The smallest absolute Gasteiger partial charge is 0.262 e. The third-order valence-corrected chi connectivity index (χ3v) is 6.70. The van der Waals surface area contributed by atoms with Crippen molar-refractivity contribution >= 4 is 29.5 Å². The highest BCUT2D eigenvalue weighted by Crippen LogP contribution is 2.26. The summed E-state index contributed by atoms with van der Waals surface area (Å²) in [5.74, 6) is 0.632. The molecule has 33 heavy (non-hydrogen) atoms. The molecule has 2 aromatic rings.